The van der Waals surface area contributed by atoms with Crippen LogP contribution in [0.25, 0.3) is 0 Å². The van der Waals surface area contributed by atoms with Gasteiger partial charge in [0, 0.05) is 18.1 Å². The van der Waals surface area contributed by atoms with Gasteiger partial charge in [-0.15, -0.1) is 0 Å². The number of rotatable bonds is 3. The Bertz CT molecular complexity index is 223. The van der Waals surface area contributed by atoms with Gasteiger partial charge in [-0.1, -0.05) is 23.7 Å². The average Bonchev–Trinajstić information content (AvgIpc) is 2.01. The fourth-order valence-corrected chi connectivity index (χ4v) is 1.08. The predicted molar refractivity (Wildman–Crippen MR) is 48.3 cm³/mol. The van der Waals surface area contributed by atoms with Crippen LogP contribution in [0.4, 0.5) is 0 Å². The zero-order valence-corrected chi connectivity index (χ0v) is 7.23. The van der Waals surface area contributed by atoms with E-state index < -0.39 is 0 Å². The molecule has 0 saturated heterocycles. The van der Waals surface area contributed by atoms with E-state index in [0.29, 0.717) is 0 Å². The lowest BCUT2D eigenvalue weighted by Crippen LogP contribution is -2.06. The van der Waals surface area contributed by atoms with E-state index in [1.807, 2.05) is 37.7 Å². The zero-order valence-electron chi connectivity index (χ0n) is 6.47. The van der Waals surface area contributed by atoms with E-state index in [1.54, 1.807) is 0 Å². The van der Waals surface area contributed by atoms with Crippen molar-refractivity contribution in [3.63, 3.8) is 0 Å². The molecule has 0 aromatic heterocycles. The molecule has 1 aromatic carbocycles. The Morgan fingerprint density at radius 2 is 2.36 bits per heavy atom. The molecule has 1 radical (unpaired) electrons. The molecule has 1 nitrogen and oxygen atoms in total. The van der Waals surface area contributed by atoms with Crippen LogP contribution in [0, 0.1) is 6.54 Å². The molecule has 59 valence electrons. The molecule has 0 fully saturated rings. The third kappa shape index (κ3) is 2.91. The van der Waals surface area contributed by atoms with Crippen LogP contribution in [-0.2, 0) is 6.54 Å². The van der Waals surface area contributed by atoms with E-state index in [2.05, 4.69) is 5.32 Å². The molecular formula is C9H11ClN. The van der Waals surface area contributed by atoms with Gasteiger partial charge in [-0.3, -0.25) is 0 Å². The maximum atomic E-state index is 5.79. The van der Waals surface area contributed by atoms with Crippen LogP contribution in [0.15, 0.2) is 24.3 Å². The Balaban J connectivity index is 2.56. The van der Waals surface area contributed by atoms with Crippen molar-refractivity contribution >= 4 is 11.6 Å². The Hall–Kier alpha value is -0.530. The number of hydrogen-bond donors (Lipinski definition) is 1. The summed E-state index contributed by atoms with van der Waals surface area (Å²) in [4.78, 5) is 0. The summed E-state index contributed by atoms with van der Waals surface area (Å²) in [6, 6.07) is 7.83. The van der Waals surface area contributed by atoms with Gasteiger partial charge in [-0.2, -0.15) is 0 Å². The molecule has 0 bridgehead atoms. The van der Waals surface area contributed by atoms with Gasteiger partial charge in [-0.05, 0) is 24.6 Å². The first-order valence-corrected chi connectivity index (χ1v) is 3.96. The van der Waals surface area contributed by atoms with Crippen molar-refractivity contribution in [2.24, 2.45) is 0 Å². The Kier molecular flexibility index (Phi) is 3.40. The third-order valence-electron chi connectivity index (χ3n) is 1.40. The van der Waals surface area contributed by atoms with Gasteiger partial charge in [0.1, 0.15) is 0 Å². The molecule has 0 aliphatic carbocycles. The number of hydrogen-bond acceptors (Lipinski definition) is 1. The van der Waals surface area contributed by atoms with E-state index in [0.717, 1.165) is 11.6 Å². The topological polar surface area (TPSA) is 12.0 Å². The fraction of sp³-hybridized carbons (Fsp3) is 0.222. The fourth-order valence-electron chi connectivity index (χ4n) is 0.867. The monoisotopic (exact) mass is 168 g/mol. The summed E-state index contributed by atoms with van der Waals surface area (Å²) >= 11 is 5.79. The molecule has 1 N–H and O–H groups in total. The van der Waals surface area contributed by atoms with E-state index in [9.17, 15) is 0 Å². The minimum atomic E-state index is 0.792. The first kappa shape index (κ1) is 8.57. The predicted octanol–water partition coefficient (Wildman–Crippen LogP) is 2.61. The number of nitrogens with one attached hydrogen (secondary N) is 1. The van der Waals surface area contributed by atoms with Crippen LogP contribution in [0.3, 0.4) is 0 Å². The van der Waals surface area contributed by atoms with Gasteiger partial charge < -0.3 is 5.32 Å². The highest BCUT2D eigenvalue weighted by molar-refractivity contribution is 6.30. The van der Waals surface area contributed by atoms with Crippen molar-refractivity contribution in [2.75, 3.05) is 0 Å². The van der Waals surface area contributed by atoms with E-state index >= 15 is 0 Å². The largest absolute Gasteiger partial charge is 0.309 e. The van der Waals surface area contributed by atoms with Crippen molar-refractivity contribution in [3.8, 4) is 0 Å². The van der Waals surface area contributed by atoms with Crippen molar-refractivity contribution in [1.29, 1.82) is 0 Å². The van der Waals surface area contributed by atoms with E-state index in [-0.39, 0.29) is 0 Å². The van der Waals surface area contributed by atoms with Crippen molar-refractivity contribution in [2.45, 2.75) is 13.5 Å². The molecule has 0 aliphatic heterocycles. The summed E-state index contributed by atoms with van der Waals surface area (Å²) in [7, 11) is 0. The maximum Gasteiger partial charge on any atom is 0.0409 e. The average molecular weight is 169 g/mol. The molecule has 0 heterocycles. The lowest BCUT2D eigenvalue weighted by atomic mass is 10.2. The van der Waals surface area contributed by atoms with Gasteiger partial charge in [-0.25, -0.2) is 0 Å². The summed E-state index contributed by atoms with van der Waals surface area (Å²) in [6.07, 6.45) is 0. The second-order valence-electron chi connectivity index (χ2n) is 2.30. The van der Waals surface area contributed by atoms with Crippen LogP contribution in [0.1, 0.15) is 12.5 Å². The molecule has 1 aromatic rings. The first-order chi connectivity index (χ1) is 5.33. The number of halogens is 1. The molecule has 0 saturated carbocycles. The Morgan fingerprint density at radius 3 is 3.00 bits per heavy atom. The van der Waals surface area contributed by atoms with Crippen LogP contribution in [-0.4, -0.2) is 0 Å². The molecule has 0 amide bonds. The summed E-state index contributed by atoms with van der Waals surface area (Å²) in [5.74, 6) is 0. The molecule has 2 heteroatoms. The highest BCUT2D eigenvalue weighted by Crippen LogP contribution is 2.09. The molecule has 1 rings (SSSR count). The molecular weight excluding hydrogens is 158 g/mol. The summed E-state index contributed by atoms with van der Waals surface area (Å²) in [6.45, 7) is 4.72. The van der Waals surface area contributed by atoms with Crippen molar-refractivity contribution in [3.05, 3.63) is 41.4 Å². The highest BCUT2D eigenvalue weighted by atomic mass is 35.5. The smallest absolute Gasteiger partial charge is 0.0409 e. The van der Waals surface area contributed by atoms with Crippen molar-refractivity contribution in [1.82, 2.24) is 5.32 Å². The lowest BCUT2D eigenvalue weighted by molar-refractivity contribution is 0.805. The standard InChI is InChI=1S/C9H11ClN/c1-2-11-7-8-4-3-5-9(10)6-8/h2-6,11H,7H2,1H3. The normalized spacial score (nSPS) is 10.0. The van der Waals surface area contributed by atoms with Gasteiger partial charge in [0.05, 0.1) is 0 Å². The molecule has 0 unspecified atom stereocenters. The molecule has 0 spiro atoms. The second kappa shape index (κ2) is 4.37. The SMILES string of the molecule is C[CH]NCc1cccc(Cl)c1. The van der Waals surface area contributed by atoms with Gasteiger partial charge >= 0.3 is 0 Å². The van der Waals surface area contributed by atoms with Crippen LogP contribution >= 0.6 is 11.6 Å². The van der Waals surface area contributed by atoms with Crippen LogP contribution in [0.5, 0.6) is 0 Å². The Morgan fingerprint density at radius 1 is 1.55 bits per heavy atom. The third-order valence-corrected chi connectivity index (χ3v) is 1.63. The van der Waals surface area contributed by atoms with E-state index in [1.165, 1.54) is 5.56 Å². The summed E-state index contributed by atoms with van der Waals surface area (Å²) in [5, 5.41) is 3.90. The van der Waals surface area contributed by atoms with Crippen LogP contribution in [0.2, 0.25) is 5.02 Å². The lowest BCUT2D eigenvalue weighted by Gasteiger charge is -2.00. The molecule has 0 atom stereocenters. The molecule has 11 heavy (non-hydrogen) atoms. The minimum Gasteiger partial charge on any atom is -0.309 e. The van der Waals surface area contributed by atoms with Gasteiger partial charge in [0.25, 0.3) is 0 Å². The quantitative estimate of drug-likeness (QED) is 0.732. The first-order valence-electron chi connectivity index (χ1n) is 3.58. The van der Waals surface area contributed by atoms with Crippen molar-refractivity contribution < 1.29 is 0 Å². The minimum absolute atomic E-state index is 0.792. The van der Waals surface area contributed by atoms with Crippen LogP contribution < -0.4 is 5.32 Å². The Labute approximate surface area is 72.4 Å². The number of benzene rings is 1. The zero-order chi connectivity index (χ0) is 8.10. The highest BCUT2D eigenvalue weighted by Gasteiger charge is 1.91. The van der Waals surface area contributed by atoms with Gasteiger partial charge in [0.15, 0.2) is 0 Å². The maximum absolute atomic E-state index is 5.79. The summed E-state index contributed by atoms with van der Waals surface area (Å²) < 4.78 is 0. The second-order valence-corrected chi connectivity index (χ2v) is 2.74. The van der Waals surface area contributed by atoms with Gasteiger partial charge in [0.2, 0.25) is 0 Å². The van der Waals surface area contributed by atoms with E-state index in [4.69, 9.17) is 11.6 Å². The summed E-state index contributed by atoms with van der Waals surface area (Å²) in [5.41, 5.74) is 1.20. The molecule has 0 aliphatic rings.